The SMILES string of the molecule is CC(C)(C)OC(=O)N[C@@H](C(=O)O)c1ccc(C#N)cc1. The zero-order valence-electron chi connectivity index (χ0n) is 11.5. The van der Waals surface area contributed by atoms with E-state index in [4.69, 9.17) is 15.1 Å². The molecule has 0 saturated heterocycles. The Balaban J connectivity index is 2.87. The minimum atomic E-state index is -1.22. The first kappa shape index (κ1) is 15.5. The number of carbonyl (C=O) groups is 2. The second kappa shape index (κ2) is 6.06. The Kier molecular flexibility index (Phi) is 4.70. The number of nitrogens with one attached hydrogen (secondary N) is 1. The number of nitriles is 1. The summed E-state index contributed by atoms with van der Waals surface area (Å²) < 4.78 is 5.02. The fraction of sp³-hybridized carbons (Fsp3) is 0.357. The van der Waals surface area contributed by atoms with Gasteiger partial charge in [-0.15, -0.1) is 0 Å². The maximum Gasteiger partial charge on any atom is 0.408 e. The molecule has 1 rings (SSSR count). The van der Waals surface area contributed by atoms with E-state index in [0.29, 0.717) is 11.1 Å². The number of hydrogen-bond donors (Lipinski definition) is 2. The highest BCUT2D eigenvalue weighted by molar-refractivity contribution is 5.81. The minimum Gasteiger partial charge on any atom is -0.479 e. The van der Waals surface area contributed by atoms with Crippen molar-refractivity contribution in [3.8, 4) is 6.07 Å². The van der Waals surface area contributed by atoms with Gasteiger partial charge in [-0.3, -0.25) is 0 Å². The molecule has 0 aliphatic carbocycles. The summed E-state index contributed by atoms with van der Waals surface area (Å²) in [7, 11) is 0. The summed E-state index contributed by atoms with van der Waals surface area (Å²) >= 11 is 0. The molecule has 0 spiro atoms. The van der Waals surface area contributed by atoms with Crippen LogP contribution in [0.25, 0.3) is 0 Å². The van der Waals surface area contributed by atoms with E-state index in [2.05, 4.69) is 5.32 Å². The normalized spacial score (nSPS) is 12.1. The van der Waals surface area contributed by atoms with Crippen LogP contribution in [0.1, 0.15) is 37.9 Å². The summed E-state index contributed by atoms with van der Waals surface area (Å²) in [6.45, 7) is 5.05. The maximum atomic E-state index is 11.6. The van der Waals surface area contributed by atoms with Crippen LogP contribution in [-0.4, -0.2) is 22.8 Å². The van der Waals surface area contributed by atoms with Crippen molar-refractivity contribution in [3.05, 3.63) is 35.4 Å². The monoisotopic (exact) mass is 276 g/mol. The third kappa shape index (κ3) is 4.61. The Hall–Kier alpha value is -2.55. The number of nitrogens with zero attached hydrogens (tertiary/aromatic N) is 1. The molecule has 0 aromatic heterocycles. The quantitative estimate of drug-likeness (QED) is 0.881. The third-order valence-corrected chi connectivity index (χ3v) is 2.28. The van der Waals surface area contributed by atoms with Crippen LogP contribution in [0.2, 0.25) is 0 Å². The number of carbonyl (C=O) groups excluding carboxylic acids is 1. The molecule has 106 valence electrons. The molecule has 6 nitrogen and oxygen atoms in total. The van der Waals surface area contributed by atoms with Gasteiger partial charge < -0.3 is 15.2 Å². The predicted octanol–water partition coefficient (Wildman–Crippen LogP) is 2.21. The summed E-state index contributed by atoms with van der Waals surface area (Å²) in [6, 6.07) is 6.65. The van der Waals surface area contributed by atoms with Crippen molar-refractivity contribution in [1.82, 2.24) is 5.32 Å². The van der Waals surface area contributed by atoms with Gasteiger partial charge in [0.15, 0.2) is 6.04 Å². The number of carboxylic acid groups (broad SMARTS) is 1. The van der Waals surface area contributed by atoms with Crippen LogP contribution in [0.4, 0.5) is 4.79 Å². The van der Waals surface area contributed by atoms with Gasteiger partial charge in [0.2, 0.25) is 0 Å². The summed E-state index contributed by atoms with van der Waals surface area (Å²) in [6.07, 6.45) is -0.811. The van der Waals surface area contributed by atoms with E-state index >= 15 is 0 Å². The standard InChI is InChI=1S/C14H16N2O4/c1-14(2,3)20-13(19)16-11(12(17)18)10-6-4-9(8-15)5-7-10/h4-7,11H,1-3H3,(H,16,19)(H,17,18)/t11-/m1/s1. The summed E-state index contributed by atoms with van der Waals surface area (Å²) in [5, 5.41) is 20.1. The van der Waals surface area contributed by atoms with Gasteiger partial charge in [0.1, 0.15) is 5.60 Å². The highest BCUT2D eigenvalue weighted by atomic mass is 16.6. The number of amides is 1. The molecule has 0 aliphatic heterocycles. The Labute approximate surface area is 117 Å². The lowest BCUT2D eigenvalue weighted by atomic mass is 10.1. The first-order valence-electron chi connectivity index (χ1n) is 5.95. The van der Waals surface area contributed by atoms with Gasteiger partial charge in [0.25, 0.3) is 0 Å². The van der Waals surface area contributed by atoms with E-state index < -0.39 is 23.7 Å². The molecule has 0 bridgehead atoms. The molecular weight excluding hydrogens is 260 g/mol. The number of hydrogen-bond acceptors (Lipinski definition) is 4. The maximum absolute atomic E-state index is 11.6. The average Bonchev–Trinajstić information content (AvgIpc) is 2.34. The van der Waals surface area contributed by atoms with E-state index in [0.717, 1.165) is 0 Å². The molecule has 0 heterocycles. The summed E-state index contributed by atoms with van der Waals surface area (Å²) in [5.41, 5.74) is 0.0650. The lowest BCUT2D eigenvalue weighted by molar-refractivity contribution is -0.139. The van der Waals surface area contributed by atoms with Gasteiger partial charge in [0, 0.05) is 0 Å². The number of benzene rings is 1. The topological polar surface area (TPSA) is 99.4 Å². The van der Waals surface area contributed by atoms with Crippen molar-refractivity contribution >= 4 is 12.1 Å². The van der Waals surface area contributed by atoms with E-state index in [-0.39, 0.29) is 0 Å². The van der Waals surface area contributed by atoms with E-state index in [9.17, 15) is 9.59 Å². The predicted molar refractivity (Wildman–Crippen MR) is 70.9 cm³/mol. The molecule has 1 amide bonds. The first-order valence-corrected chi connectivity index (χ1v) is 5.95. The Morgan fingerprint density at radius 1 is 1.30 bits per heavy atom. The highest BCUT2D eigenvalue weighted by Crippen LogP contribution is 2.16. The zero-order chi connectivity index (χ0) is 15.3. The molecule has 6 heteroatoms. The van der Waals surface area contributed by atoms with Crippen LogP contribution >= 0.6 is 0 Å². The van der Waals surface area contributed by atoms with Gasteiger partial charge in [-0.25, -0.2) is 9.59 Å². The van der Waals surface area contributed by atoms with Crippen molar-refractivity contribution in [3.63, 3.8) is 0 Å². The molecule has 20 heavy (non-hydrogen) atoms. The van der Waals surface area contributed by atoms with Crippen LogP contribution in [0, 0.1) is 11.3 Å². The average molecular weight is 276 g/mol. The van der Waals surface area contributed by atoms with Gasteiger partial charge in [-0.05, 0) is 38.5 Å². The van der Waals surface area contributed by atoms with E-state index in [1.165, 1.54) is 24.3 Å². The summed E-state index contributed by atoms with van der Waals surface area (Å²) in [4.78, 5) is 22.8. The first-order chi connectivity index (χ1) is 9.23. The van der Waals surface area contributed by atoms with Crippen LogP contribution in [0.15, 0.2) is 24.3 Å². The Morgan fingerprint density at radius 2 is 1.85 bits per heavy atom. The van der Waals surface area contributed by atoms with Crippen molar-refractivity contribution < 1.29 is 19.4 Å². The van der Waals surface area contributed by atoms with Crippen LogP contribution in [-0.2, 0) is 9.53 Å². The molecule has 0 fully saturated rings. The largest absolute Gasteiger partial charge is 0.479 e. The van der Waals surface area contributed by atoms with Crippen LogP contribution in [0.3, 0.4) is 0 Å². The minimum absolute atomic E-state index is 0.363. The molecule has 0 saturated carbocycles. The molecule has 0 aliphatic rings. The molecule has 1 aromatic carbocycles. The number of alkyl carbamates (subject to hydrolysis) is 1. The smallest absolute Gasteiger partial charge is 0.408 e. The molecule has 2 N–H and O–H groups in total. The fourth-order valence-corrected chi connectivity index (χ4v) is 1.46. The molecule has 1 atom stereocenters. The van der Waals surface area contributed by atoms with Crippen LogP contribution in [0.5, 0.6) is 0 Å². The molecule has 0 unspecified atom stereocenters. The van der Waals surface area contributed by atoms with Gasteiger partial charge >= 0.3 is 12.1 Å². The third-order valence-electron chi connectivity index (χ3n) is 2.28. The van der Waals surface area contributed by atoms with E-state index in [1.807, 2.05) is 6.07 Å². The lowest BCUT2D eigenvalue weighted by Crippen LogP contribution is -2.38. The summed E-state index contributed by atoms with van der Waals surface area (Å²) in [5.74, 6) is -1.21. The highest BCUT2D eigenvalue weighted by Gasteiger charge is 2.25. The van der Waals surface area contributed by atoms with Crippen molar-refractivity contribution in [1.29, 1.82) is 5.26 Å². The number of aliphatic carboxylic acids is 1. The van der Waals surface area contributed by atoms with Crippen LogP contribution < -0.4 is 5.32 Å². The zero-order valence-corrected chi connectivity index (χ0v) is 11.5. The van der Waals surface area contributed by atoms with Crippen molar-refractivity contribution in [2.45, 2.75) is 32.4 Å². The molecular formula is C14H16N2O4. The second-order valence-electron chi connectivity index (χ2n) is 5.15. The van der Waals surface area contributed by atoms with Crippen molar-refractivity contribution in [2.75, 3.05) is 0 Å². The van der Waals surface area contributed by atoms with Crippen molar-refractivity contribution in [2.24, 2.45) is 0 Å². The van der Waals surface area contributed by atoms with Gasteiger partial charge in [-0.2, -0.15) is 5.26 Å². The molecule has 1 aromatic rings. The van der Waals surface area contributed by atoms with Gasteiger partial charge in [-0.1, -0.05) is 12.1 Å². The van der Waals surface area contributed by atoms with Gasteiger partial charge in [0.05, 0.1) is 11.6 Å². The lowest BCUT2D eigenvalue weighted by Gasteiger charge is -2.22. The fourth-order valence-electron chi connectivity index (χ4n) is 1.46. The molecule has 0 radical (unpaired) electrons. The second-order valence-corrected chi connectivity index (χ2v) is 5.15. The number of carboxylic acids is 1. The number of ether oxygens (including phenoxy) is 1. The Morgan fingerprint density at radius 3 is 2.25 bits per heavy atom. The number of rotatable bonds is 3. The van der Waals surface area contributed by atoms with E-state index in [1.54, 1.807) is 20.8 Å². The Bertz CT molecular complexity index is 538.